The lowest BCUT2D eigenvalue weighted by Gasteiger charge is -2.37. The molecule has 0 saturated heterocycles. The Morgan fingerprint density at radius 3 is 1.83 bits per heavy atom. The standard InChI is InChI=1S/C13H17NO2.C6H4O2/c15-12(16)14-13(9-5-2-6-10-13)11-7-3-1-4-8-11;7-5-1-2-6(8)4-3-5/h1,3-4,7-8,14H,2,5-6,9-10H2,(H,15,16);1-4H. The molecule has 24 heavy (non-hydrogen) atoms. The number of carbonyl (C=O) groups is 3. The van der Waals surface area contributed by atoms with Crippen molar-refractivity contribution in [1.82, 2.24) is 5.32 Å². The number of carboxylic acid groups (broad SMARTS) is 1. The van der Waals surface area contributed by atoms with Crippen LogP contribution in [0.3, 0.4) is 0 Å². The van der Waals surface area contributed by atoms with Gasteiger partial charge in [-0.2, -0.15) is 0 Å². The van der Waals surface area contributed by atoms with Gasteiger partial charge in [-0.15, -0.1) is 0 Å². The summed E-state index contributed by atoms with van der Waals surface area (Å²) in [6.07, 6.45) is 9.29. The summed E-state index contributed by atoms with van der Waals surface area (Å²) in [6, 6.07) is 9.92. The van der Waals surface area contributed by atoms with Crippen LogP contribution in [0.2, 0.25) is 0 Å². The number of allylic oxidation sites excluding steroid dienone is 4. The maximum Gasteiger partial charge on any atom is 0.405 e. The Morgan fingerprint density at radius 1 is 0.875 bits per heavy atom. The zero-order valence-electron chi connectivity index (χ0n) is 13.4. The number of hydrogen-bond acceptors (Lipinski definition) is 3. The Bertz CT molecular complexity index is 617. The van der Waals surface area contributed by atoms with Crippen molar-refractivity contribution >= 4 is 17.7 Å². The molecule has 3 rings (SSSR count). The van der Waals surface area contributed by atoms with E-state index in [9.17, 15) is 14.4 Å². The van der Waals surface area contributed by atoms with Crippen molar-refractivity contribution in [2.24, 2.45) is 0 Å². The number of rotatable bonds is 2. The Labute approximate surface area is 141 Å². The van der Waals surface area contributed by atoms with E-state index in [4.69, 9.17) is 5.11 Å². The maximum atomic E-state index is 10.9. The molecule has 0 aliphatic heterocycles. The minimum Gasteiger partial charge on any atom is -0.465 e. The molecule has 5 heteroatoms. The first-order valence-electron chi connectivity index (χ1n) is 8.03. The first-order valence-corrected chi connectivity index (χ1v) is 8.03. The third kappa shape index (κ3) is 4.91. The normalized spacial score (nSPS) is 18.5. The van der Waals surface area contributed by atoms with E-state index < -0.39 is 6.09 Å². The molecule has 0 heterocycles. The molecule has 1 aromatic carbocycles. The molecule has 1 fully saturated rings. The van der Waals surface area contributed by atoms with E-state index in [2.05, 4.69) is 5.32 Å². The summed E-state index contributed by atoms with van der Waals surface area (Å²) in [5.41, 5.74) is 0.739. The molecular formula is C19H21NO4. The summed E-state index contributed by atoms with van der Waals surface area (Å²) in [7, 11) is 0. The van der Waals surface area contributed by atoms with E-state index in [1.54, 1.807) is 0 Å². The van der Waals surface area contributed by atoms with Gasteiger partial charge in [-0.25, -0.2) is 4.79 Å². The topological polar surface area (TPSA) is 83.5 Å². The van der Waals surface area contributed by atoms with Crippen molar-refractivity contribution in [3.8, 4) is 0 Å². The van der Waals surface area contributed by atoms with E-state index in [1.165, 1.54) is 30.7 Å². The molecule has 2 N–H and O–H groups in total. The van der Waals surface area contributed by atoms with Crippen LogP contribution in [0.15, 0.2) is 54.6 Å². The van der Waals surface area contributed by atoms with Crippen LogP contribution in [0.4, 0.5) is 4.79 Å². The smallest absolute Gasteiger partial charge is 0.405 e. The Kier molecular flexibility index (Phi) is 6.07. The van der Waals surface area contributed by atoms with Crippen LogP contribution in [0.25, 0.3) is 0 Å². The molecule has 1 aromatic rings. The van der Waals surface area contributed by atoms with Gasteiger partial charge in [0.15, 0.2) is 11.6 Å². The fourth-order valence-corrected chi connectivity index (χ4v) is 3.04. The van der Waals surface area contributed by atoms with E-state index in [0.717, 1.165) is 31.2 Å². The number of carbonyl (C=O) groups excluding carboxylic acids is 2. The highest BCUT2D eigenvalue weighted by molar-refractivity contribution is 6.14. The van der Waals surface area contributed by atoms with Crippen molar-refractivity contribution in [3.05, 3.63) is 60.2 Å². The maximum absolute atomic E-state index is 10.9. The van der Waals surface area contributed by atoms with Crippen LogP contribution in [-0.2, 0) is 15.1 Å². The lowest BCUT2D eigenvalue weighted by atomic mass is 9.77. The predicted molar refractivity (Wildman–Crippen MR) is 90.7 cm³/mol. The van der Waals surface area contributed by atoms with Crippen molar-refractivity contribution in [3.63, 3.8) is 0 Å². The van der Waals surface area contributed by atoms with Crippen LogP contribution in [-0.4, -0.2) is 22.8 Å². The average Bonchev–Trinajstić information content (AvgIpc) is 2.59. The van der Waals surface area contributed by atoms with Crippen LogP contribution in [0.5, 0.6) is 0 Å². The van der Waals surface area contributed by atoms with Gasteiger partial charge in [-0.05, 0) is 42.7 Å². The quantitative estimate of drug-likeness (QED) is 0.816. The van der Waals surface area contributed by atoms with Gasteiger partial charge >= 0.3 is 6.09 Å². The molecule has 0 spiro atoms. The van der Waals surface area contributed by atoms with Gasteiger partial charge in [0.1, 0.15) is 0 Å². The monoisotopic (exact) mass is 327 g/mol. The number of nitrogens with one attached hydrogen (secondary N) is 1. The minimum atomic E-state index is -0.925. The molecule has 5 nitrogen and oxygen atoms in total. The third-order valence-electron chi connectivity index (χ3n) is 4.20. The first kappa shape index (κ1) is 17.7. The van der Waals surface area contributed by atoms with Gasteiger partial charge in [0, 0.05) is 0 Å². The van der Waals surface area contributed by atoms with Gasteiger partial charge in [0.2, 0.25) is 0 Å². The Morgan fingerprint density at radius 2 is 1.38 bits per heavy atom. The van der Waals surface area contributed by atoms with Gasteiger partial charge in [-0.3, -0.25) is 9.59 Å². The van der Waals surface area contributed by atoms with Crippen LogP contribution >= 0.6 is 0 Å². The lowest BCUT2D eigenvalue weighted by Crippen LogP contribution is -2.46. The molecule has 0 aromatic heterocycles. The highest BCUT2D eigenvalue weighted by Crippen LogP contribution is 2.36. The summed E-state index contributed by atoms with van der Waals surface area (Å²) >= 11 is 0. The van der Waals surface area contributed by atoms with E-state index in [-0.39, 0.29) is 17.1 Å². The molecule has 2 aliphatic carbocycles. The van der Waals surface area contributed by atoms with Crippen molar-refractivity contribution in [2.75, 3.05) is 0 Å². The zero-order chi connectivity index (χ0) is 17.4. The molecule has 2 aliphatic rings. The fourth-order valence-electron chi connectivity index (χ4n) is 3.04. The van der Waals surface area contributed by atoms with Crippen LogP contribution < -0.4 is 5.32 Å². The fraction of sp³-hybridized carbons (Fsp3) is 0.316. The number of benzene rings is 1. The molecule has 0 atom stereocenters. The number of amides is 1. The van der Waals surface area contributed by atoms with Crippen LogP contribution in [0, 0.1) is 0 Å². The molecule has 0 unspecified atom stereocenters. The summed E-state index contributed by atoms with van der Waals surface area (Å²) in [6.45, 7) is 0. The second-order valence-electron chi connectivity index (χ2n) is 5.91. The average molecular weight is 327 g/mol. The summed E-state index contributed by atoms with van der Waals surface area (Å²) in [5, 5.41) is 11.7. The largest absolute Gasteiger partial charge is 0.465 e. The number of ketones is 2. The van der Waals surface area contributed by atoms with Gasteiger partial charge in [0.25, 0.3) is 0 Å². The second-order valence-corrected chi connectivity index (χ2v) is 5.91. The predicted octanol–water partition coefficient (Wildman–Crippen LogP) is 3.36. The molecular weight excluding hydrogens is 306 g/mol. The highest BCUT2D eigenvalue weighted by atomic mass is 16.4. The zero-order valence-corrected chi connectivity index (χ0v) is 13.4. The van der Waals surface area contributed by atoms with Gasteiger partial charge < -0.3 is 10.4 Å². The molecule has 0 radical (unpaired) electrons. The molecule has 126 valence electrons. The van der Waals surface area contributed by atoms with Gasteiger partial charge in [-0.1, -0.05) is 49.6 Å². The SMILES string of the molecule is O=C(O)NC1(c2ccccc2)CCCCC1.O=C1C=CC(=O)C=C1. The summed E-state index contributed by atoms with van der Waals surface area (Å²) in [5.74, 6) is -0.241. The minimum absolute atomic E-state index is 0.121. The molecule has 0 bridgehead atoms. The van der Waals surface area contributed by atoms with Crippen LogP contribution in [0.1, 0.15) is 37.7 Å². The molecule has 1 saturated carbocycles. The summed E-state index contributed by atoms with van der Waals surface area (Å²) in [4.78, 5) is 31.5. The van der Waals surface area contributed by atoms with E-state index >= 15 is 0 Å². The third-order valence-corrected chi connectivity index (χ3v) is 4.20. The first-order chi connectivity index (χ1) is 11.5. The van der Waals surface area contributed by atoms with Crippen molar-refractivity contribution < 1.29 is 19.5 Å². The Balaban J connectivity index is 0.000000219. The summed E-state index contributed by atoms with van der Waals surface area (Å²) < 4.78 is 0. The highest BCUT2D eigenvalue weighted by Gasteiger charge is 2.35. The van der Waals surface area contributed by atoms with Crippen molar-refractivity contribution in [2.45, 2.75) is 37.6 Å². The molecule has 1 amide bonds. The Hall–Kier alpha value is -2.69. The van der Waals surface area contributed by atoms with Crippen molar-refractivity contribution in [1.29, 1.82) is 0 Å². The number of hydrogen-bond donors (Lipinski definition) is 2. The lowest BCUT2D eigenvalue weighted by molar-refractivity contribution is -0.113. The van der Waals surface area contributed by atoms with E-state index in [1.807, 2.05) is 30.3 Å². The van der Waals surface area contributed by atoms with Gasteiger partial charge in [0.05, 0.1) is 5.54 Å². The second kappa shape index (κ2) is 8.24. The van der Waals surface area contributed by atoms with E-state index in [0.29, 0.717) is 0 Å².